The summed E-state index contributed by atoms with van der Waals surface area (Å²) < 4.78 is 20.5. The molecule has 0 fully saturated rings. The normalized spacial score (nSPS) is 10.7. The van der Waals surface area contributed by atoms with Gasteiger partial charge in [-0.1, -0.05) is 17.8 Å². The number of amides is 2. The average Bonchev–Trinajstić information content (AvgIpc) is 3.02. The number of hydrogen-bond acceptors (Lipinski definition) is 6. The third kappa shape index (κ3) is 5.69. The van der Waals surface area contributed by atoms with Gasteiger partial charge >= 0.3 is 0 Å². The van der Waals surface area contributed by atoms with Crippen molar-refractivity contribution in [1.82, 2.24) is 19.7 Å². The van der Waals surface area contributed by atoms with Gasteiger partial charge in [0, 0.05) is 33.0 Å². The second-order valence-corrected chi connectivity index (χ2v) is 7.03. The molecule has 2 N–H and O–H groups in total. The van der Waals surface area contributed by atoms with Crippen LogP contribution in [0.5, 0.6) is 5.75 Å². The van der Waals surface area contributed by atoms with E-state index in [0.29, 0.717) is 36.1 Å². The van der Waals surface area contributed by atoms with Gasteiger partial charge in [0.15, 0.2) is 16.7 Å². The fourth-order valence-corrected chi connectivity index (χ4v) is 3.38. The third-order valence-corrected chi connectivity index (χ3v) is 5.17. The summed E-state index contributed by atoms with van der Waals surface area (Å²) in [6.45, 7) is 2.67. The lowest BCUT2D eigenvalue weighted by Gasteiger charge is -2.21. The minimum absolute atomic E-state index is 0.0922. The Hall–Kier alpha value is -2.62. The van der Waals surface area contributed by atoms with Crippen molar-refractivity contribution in [3.8, 4) is 5.75 Å². The molecule has 2 amide bonds. The highest BCUT2D eigenvalue weighted by Gasteiger charge is 2.17. The molecule has 0 radical (unpaired) electrons. The molecule has 0 unspecified atom stereocenters. The maximum absolute atomic E-state index is 13.9. The van der Waals surface area contributed by atoms with Gasteiger partial charge in [0.1, 0.15) is 5.82 Å². The van der Waals surface area contributed by atoms with Gasteiger partial charge in [0.2, 0.25) is 11.8 Å². The monoisotopic (exact) mass is 409 g/mol. The van der Waals surface area contributed by atoms with Gasteiger partial charge in [0.25, 0.3) is 0 Å². The van der Waals surface area contributed by atoms with Gasteiger partial charge in [-0.3, -0.25) is 9.59 Å². The van der Waals surface area contributed by atoms with E-state index in [9.17, 15) is 14.0 Å². The van der Waals surface area contributed by atoms with E-state index in [2.05, 4.69) is 10.2 Å². The second kappa shape index (κ2) is 10.1. The number of hydrogen-bond donors (Lipinski definition) is 1. The first-order chi connectivity index (χ1) is 13.3. The molecular formula is C18H24FN5O3S. The number of nitrogens with zero attached hydrogens (tertiary/aromatic N) is 4. The summed E-state index contributed by atoms with van der Waals surface area (Å²) >= 11 is 1.26. The summed E-state index contributed by atoms with van der Waals surface area (Å²) in [5.74, 6) is 0.0265. The van der Waals surface area contributed by atoms with E-state index in [-0.39, 0.29) is 23.8 Å². The van der Waals surface area contributed by atoms with Gasteiger partial charge in [-0.25, -0.2) is 4.39 Å². The number of benzene rings is 1. The van der Waals surface area contributed by atoms with Crippen molar-refractivity contribution in [2.45, 2.75) is 31.5 Å². The molecule has 0 spiro atoms. The Labute approximate surface area is 167 Å². The van der Waals surface area contributed by atoms with Crippen molar-refractivity contribution in [2.75, 3.05) is 19.4 Å². The lowest BCUT2D eigenvalue weighted by Crippen LogP contribution is -2.31. The second-order valence-electron chi connectivity index (χ2n) is 6.09. The molecule has 0 bridgehead atoms. The molecule has 0 saturated carbocycles. The molecule has 0 aliphatic carbocycles. The van der Waals surface area contributed by atoms with Crippen LogP contribution in [0.1, 0.15) is 24.7 Å². The molecule has 2 aromatic rings. The van der Waals surface area contributed by atoms with Crippen LogP contribution in [0.15, 0.2) is 23.4 Å². The first kappa shape index (κ1) is 21.7. The van der Waals surface area contributed by atoms with Crippen LogP contribution in [0, 0.1) is 5.82 Å². The van der Waals surface area contributed by atoms with Crippen molar-refractivity contribution >= 4 is 23.6 Å². The van der Waals surface area contributed by atoms with Crippen molar-refractivity contribution < 1.29 is 18.7 Å². The number of carbonyl (C=O) groups excluding carboxylic acids is 2. The Bertz CT molecular complexity index is 843. The van der Waals surface area contributed by atoms with E-state index in [0.717, 1.165) is 0 Å². The van der Waals surface area contributed by atoms with Crippen LogP contribution in [0.2, 0.25) is 0 Å². The lowest BCUT2D eigenvalue weighted by molar-refractivity contribution is -0.128. The van der Waals surface area contributed by atoms with E-state index >= 15 is 0 Å². The summed E-state index contributed by atoms with van der Waals surface area (Å²) in [5.41, 5.74) is 5.84. The summed E-state index contributed by atoms with van der Waals surface area (Å²) in [7, 11) is 3.18. The van der Waals surface area contributed by atoms with Crippen LogP contribution in [-0.4, -0.2) is 50.9 Å². The van der Waals surface area contributed by atoms with Crippen LogP contribution in [-0.2, 0) is 29.6 Å². The number of ether oxygens (including phenoxy) is 1. The maximum Gasteiger partial charge on any atom is 0.233 e. The molecular weight excluding hydrogens is 385 g/mol. The number of carbonyl (C=O) groups is 2. The summed E-state index contributed by atoms with van der Waals surface area (Å²) in [4.78, 5) is 25.1. The van der Waals surface area contributed by atoms with Crippen LogP contribution in [0.25, 0.3) is 0 Å². The zero-order valence-electron chi connectivity index (χ0n) is 16.1. The fourth-order valence-electron chi connectivity index (χ4n) is 2.55. The molecule has 1 aromatic heterocycles. The number of halogens is 1. The molecule has 28 heavy (non-hydrogen) atoms. The molecule has 0 aliphatic heterocycles. The Morgan fingerprint density at radius 2 is 2.11 bits per heavy atom. The first-order valence-corrected chi connectivity index (χ1v) is 9.73. The Morgan fingerprint density at radius 1 is 1.36 bits per heavy atom. The highest BCUT2D eigenvalue weighted by atomic mass is 32.2. The van der Waals surface area contributed by atoms with E-state index in [1.807, 2.05) is 6.92 Å². The Morgan fingerprint density at radius 3 is 2.71 bits per heavy atom. The van der Waals surface area contributed by atoms with Gasteiger partial charge in [-0.2, -0.15) is 0 Å². The minimum atomic E-state index is -0.458. The Balaban J connectivity index is 1.95. The molecule has 2 rings (SSSR count). The zero-order chi connectivity index (χ0) is 20.7. The van der Waals surface area contributed by atoms with Crippen LogP contribution in [0.3, 0.4) is 0 Å². The number of thioether (sulfide) groups is 1. The number of aromatic nitrogens is 3. The largest absolute Gasteiger partial charge is 0.494 e. The van der Waals surface area contributed by atoms with Crippen molar-refractivity contribution in [3.05, 3.63) is 35.4 Å². The van der Waals surface area contributed by atoms with Crippen LogP contribution >= 0.6 is 11.8 Å². The molecule has 10 heteroatoms. The van der Waals surface area contributed by atoms with E-state index in [4.69, 9.17) is 10.5 Å². The highest BCUT2D eigenvalue weighted by Crippen LogP contribution is 2.20. The number of rotatable bonds is 10. The van der Waals surface area contributed by atoms with Gasteiger partial charge in [-0.15, -0.1) is 10.2 Å². The lowest BCUT2D eigenvalue weighted by atomic mass is 10.2. The zero-order valence-corrected chi connectivity index (χ0v) is 17.0. The Kier molecular flexibility index (Phi) is 7.80. The van der Waals surface area contributed by atoms with Gasteiger partial charge in [-0.05, 0) is 24.6 Å². The number of primary amides is 1. The predicted molar refractivity (Wildman–Crippen MR) is 103 cm³/mol. The SMILES string of the molecule is CCN(Cc1ccc(OC)c(F)c1)C(=O)CSc1nnc(CCC(N)=O)n1C. The molecule has 0 aliphatic rings. The van der Waals surface area contributed by atoms with E-state index < -0.39 is 11.7 Å². The van der Waals surface area contributed by atoms with Crippen LogP contribution < -0.4 is 10.5 Å². The maximum atomic E-state index is 13.9. The van der Waals surface area contributed by atoms with Crippen LogP contribution in [0.4, 0.5) is 4.39 Å². The van der Waals surface area contributed by atoms with Crippen molar-refractivity contribution in [1.29, 1.82) is 0 Å². The van der Waals surface area contributed by atoms with Crippen molar-refractivity contribution in [3.63, 3.8) is 0 Å². The topological polar surface area (TPSA) is 103 Å². The molecule has 0 saturated heterocycles. The quantitative estimate of drug-likeness (QED) is 0.597. The van der Waals surface area contributed by atoms with Gasteiger partial charge in [0.05, 0.1) is 12.9 Å². The van der Waals surface area contributed by atoms with E-state index in [1.165, 1.54) is 24.9 Å². The fraction of sp³-hybridized carbons (Fsp3) is 0.444. The number of nitrogens with two attached hydrogens (primary N) is 1. The molecule has 0 atom stereocenters. The smallest absolute Gasteiger partial charge is 0.233 e. The number of aryl methyl sites for hydroxylation is 1. The van der Waals surface area contributed by atoms with Gasteiger partial charge < -0.3 is 19.9 Å². The van der Waals surface area contributed by atoms with E-state index in [1.54, 1.807) is 28.6 Å². The summed E-state index contributed by atoms with van der Waals surface area (Å²) in [5, 5.41) is 8.67. The molecule has 152 valence electrons. The molecule has 1 heterocycles. The minimum Gasteiger partial charge on any atom is -0.494 e. The predicted octanol–water partition coefficient (Wildman–Crippen LogP) is 1.52. The molecule has 1 aromatic carbocycles. The molecule has 8 nitrogen and oxygen atoms in total. The highest BCUT2D eigenvalue weighted by molar-refractivity contribution is 7.99. The standard InChI is InChI=1S/C18H24FN5O3S/c1-4-24(10-12-5-6-14(27-3)13(19)9-12)17(26)11-28-18-22-21-16(23(18)2)8-7-15(20)25/h5-6,9H,4,7-8,10-11H2,1-3H3,(H2,20,25). The first-order valence-electron chi connectivity index (χ1n) is 8.75. The summed E-state index contributed by atoms with van der Waals surface area (Å²) in [6, 6.07) is 4.65. The average molecular weight is 409 g/mol. The van der Waals surface area contributed by atoms with Crippen molar-refractivity contribution in [2.24, 2.45) is 12.8 Å². The third-order valence-electron chi connectivity index (χ3n) is 4.17. The number of methoxy groups -OCH3 is 1. The summed E-state index contributed by atoms with van der Waals surface area (Å²) in [6.07, 6.45) is 0.592.